The predicted octanol–water partition coefficient (Wildman–Crippen LogP) is 3.75. The van der Waals surface area contributed by atoms with Crippen LogP contribution in [0, 0.1) is 6.92 Å². The highest BCUT2D eigenvalue weighted by Gasteiger charge is 2.31. The molecule has 0 saturated heterocycles. The Morgan fingerprint density at radius 3 is 2.36 bits per heavy atom. The molecule has 25 heavy (non-hydrogen) atoms. The number of anilines is 1. The van der Waals surface area contributed by atoms with Crippen LogP contribution in [0.2, 0.25) is 0 Å². The molecule has 7 heteroatoms. The molecule has 0 saturated carbocycles. The van der Waals surface area contributed by atoms with Gasteiger partial charge in [-0.25, -0.2) is 0 Å². The zero-order chi connectivity index (χ0) is 18.7. The molecule has 0 aliphatic heterocycles. The van der Waals surface area contributed by atoms with E-state index in [-0.39, 0.29) is 5.75 Å². The molecule has 0 fully saturated rings. The number of nitrogens with two attached hydrogens (primary N) is 1. The predicted molar refractivity (Wildman–Crippen MR) is 89.3 cm³/mol. The van der Waals surface area contributed by atoms with Crippen LogP contribution in [0.5, 0.6) is 5.75 Å². The summed E-state index contributed by atoms with van der Waals surface area (Å²) in [6.45, 7) is 1.73. The maximum Gasteiger partial charge on any atom is 0.422 e. The van der Waals surface area contributed by atoms with Gasteiger partial charge in [0, 0.05) is 11.3 Å². The minimum absolute atomic E-state index is 0.0496. The molecule has 0 heterocycles. The molecule has 2 aromatic carbocycles. The molecule has 0 spiro atoms. The van der Waals surface area contributed by atoms with Crippen molar-refractivity contribution in [1.82, 2.24) is 0 Å². The van der Waals surface area contributed by atoms with Crippen LogP contribution in [0.1, 0.15) is 18.1 Å². The molecule has 0 bridgehead atoms. The Balaban J connectivity index is 2.18. The lowest BCUT2D eigenvalue weighted by molar-refractivity contribution is -0.153. The number of hydrogen-bond donors (Lipinski definition) is 2. The van der Waals surface area contributed by atoms with Crippen LogP contribution in [-0.2, 0) is 10.3 Å². The largest absolute Gasteiger partial charge is 0.484 e. The first-order chi connectivity index (χ1) is 11.6. The van der Waals surface area contributed by atoms with E-state index in [1.807, 2.05) is 6.07 Å². The summed E-state index contributed by atoms with van der Waals surface area (Å²) in [6, 6.07) is 13.3. The molecule has 134 valence electrons. The Kier molecular flexibility index (Phi) is 5.37. The van der Waals surface area contributed by atoms with Gasteiger partial charge in [0.2, 0.25) is 5.91 Å². The molecule has 2 rings (SSSR count). The number of ether oxygens (including phenoxy) is 1. The van der Waals surface area contributed by atoms with E-state index >= 15 is 0 Å². The van der Waals surface area contributed by atoms with E-state index in [1.165, 1.54) is 12.1 Å². The zero-order valence-electron chi connectivity index (χ0n) is 13.9. The molecule has 2 aromatic rings. The zero-order valence-corrected chi connectivity index (χ0v) is 13.9. The quantitative estimate of drug-likeness (QED) is 0.861. The van der Waals surface area contributed by atoms with Crippen LogP contribution in [0.15, 0.2) is 48.5 Å². The summed E-state index contributed by atoms with van der Waals surface area (Å²) in [4.78, 5) is 12.6. The number of nitrogens with one attached hydrogen (secondary N) is 1. The van der Waals surface area contributed by atoms with Gasteiger partial charge in [-0.15, -0.1) is 0 Å². The summed E-state index contributed by atoms with van der Waals surface area (Å²) in [5.41, 5.74) is 6.20. The third kappa shape index (κ3) is 4.73. The highest BCUT2D eigenvalue weighted by Crippen LogP contribution is 2.28. The Morgan fingerprint density at radius 2 is 1.76 bits per heavy atom. The normalized spacial score (nSPS) is 13.8. The third-order valence-electron chi connectivity index (χ3n) is 3.77. The van der Waals surface area contributed by atoms with Gasteiger partial charge in [0.1, 0.15) is 11.3 Å². The average molecular weight is 352 g/mol. The van der Waals surface area contributed by atoms with Crippen molar-refractivity contribution in [3.8, 4) is 5.75 Å². The van der Waals surface area contributed by atoms with Crippen molar-refractivity contribution in [3.63, 3.8) is 0 Å². The van der Waals surface area contributed by atoms with E-state index in [0.29, 0.717) is 16.8 Å². The Morgan fingerprint density at radius 1 is 1.12 bits per heavy atom. The first-order valence-corrected chi connectivity index (χ1v) is 7.56. The monoisotopic (exact) mass is 352 g/mol. The van der Waals surface area contributed by atoms with Crippen molar-refractivity contribution in [1.29, 1.82) is 0 Å². The lowest BCUT2D eigenvalue weighted by atomic mass is 9.92. The van der Waals surface area contributed by atoms with Gasteiger partial charge < -0.3 is 15.8 Å². The van der Waals surface area contributed by atoms with Crippen molar-refractivity contribution in [3.05, 3.63) is 59.7 Å². The minimum Gasteiger partial charge on any atom is -0.484 e. The van der Waals surface area contributed by atoms with Gasteiger partial charge in [-0.3, -0.25) is 4.79 Å². The van der Waals surface area contributed by atoms with Crippen molar-refractivity contribution in [2.75, 3.05) is 11.9 Å². The van der Waals surface area contributed by atoms with Crippen molar-refractivity contribution in [2.45, 2.75) is 25.6 Å². The minimum atomic E-state index is -4.44. The summed E-state index contributed by atoms with van der Waals surface area (Å²) in [5.74, 6) is -0.427. The van der Waals surface area contributed by atoms with E-state index in [2.05, 4.69) is 5.32 Å². The molecule has 1 unspecified atom stereocenters. The number of carbonyl (C=O) groups is 1. The molecule has 0 aliphatic rings. The van der Waals surface area contributed by atoms with Gasteiger partial charge >= 0.3 is 6.18 Å². The lowest BCUT2D eigenvalue weighted by Crippen LogP contribution is -2.45. The first-order valence-electron chi connectivity index (χ1n) is 7.56. The number of carbonyl (C=O) groups excluding carboxylic acids is 1. The number of rotatable bonds is 5. The van der Waals surface area contributed by atoms with Crippen LogP contribution in [0.3, 0.4) is 0 Å². The van der Waals surface area contributed by atoms with Crippen LogP contribution in [0.25, 0.3) is 0 Å². The van der Waals surface area contributed by atoms with Gasteiger partial charge in [0.15, 0.2) is 6.61 Å². The second-order valence-electron chi connectivity index (χ2n) is 5.86. The Hall–Kier alpha value is -2.54. The molecule has 1 amide bonds. The molecule has 0 radical (unpaired) electrons. The highest BCUT2D eigenvalue weighted by atomic mass is 19.4. The topological polar surface area (TPSA) is 64.4 Å². The maximum absolute atomic E-state index is 12.6. The molecule has 3 N–H and O–H groups in total. The molecular weight excluding hydrogens is 333 g/mol. The fourth-order valence-electron chi connectivity index (χ4n) is 2.23. The smallest absolute Gasteiger partial charge is 0.422 e. The fraction of sp³-hybridized carbons (Fsp3) is 0.278. The van der Waals surface area contributed by atoms with E-state index in [1.54, 1.807) is 44.2 Å². The fourth-order valence-corrected chi connectivity index (χ4v) is 2.23. The Bertz CT molecular complexity index is 744. The van der Waals surface area contributed by atoms with Gasteiger partial charge in [-0.1, -0.05) is 36.4 Å². The summed E-state index contributed by atoms with van der Waals surface area (Å²) < 4.78 is 41.7. The highest BCUT2D eigenvalue weighted by molar-refractivity contribution is 5.99. The summed E-state index contributed by atoms with van der Waals surface area (Å²) in [5, 5.41) is 2.66. The molecule has 1 atom stereocenters. The molecule has 4 nitrogen and oxygen atoms in total. The average Bonchev–Trinajstić information content (AvgIpc) is 2.55. The second-order valence-corrected chi connectivity index (χ2v) is 5.86. The first kappa shape index (κ1) is 18.8. The SMILES string of the molecule is Cc1c(NC(=O)C(C)(N)c2ccccc2)cccc1OCC(F)(F)F. The van der Waals surface area contributed by atoms with Crippen LogP contribution < -0.4 is 15.8 Å². The molecule has 0 aliphatic carbocycles. The van der Waals surface area contributed by atoms with Crippen molar-refractivity contribution >= 4 is 11.6 Å². The summed E-state index contributed by atoms with van der Waals surface area (Å²) >= 11 is 0. The van der Waals surface area contributed by atoms with Crippen LogP contribution in [-0.4, -0.2) is 18.7 Å². The van der Waals surface area contributed by atoms with E-state index in [4.69, 9.17) is 10.5 Å². The molecular formula is C18H19F3N2O2. The maximum atomic E-state index is 12.6. The number of amides is 1. The summed E-state index contributed by atoms with van der Waals surface area (Å²) in [6.07, 6.45) is -4.44. The standard InChI is InChI=1S/C18H19F3N2O2/c1-12-14(9-6-10-15(12)25-11-18(19,20)21)23-16(24)17(2,22)13-7-4-3-5-8-13/h3-10H,11,22H2,1-2H3,(H,23,24). The number of benzene rings is 2. The van der Waals surface area contributed by atoms with Crippen LogP contribution >= 0.6 is 0 Å². The number of alkyl halides is 3. The Labute approximate surface area is 143 Å². The lowest BCUT2D eigenvalue weighted by Gasteiger charge is -2.25. The van der Waals surface area contributed by atoms with Crippen LogP contribution in [0.4, 0.5) is 18.9 Å². The van der Waals surface area contributed by atoms with E-state index in [0.717, 1.165) is 0 Å². The van der Waals surface area contributed by atoms with E-state index < -0.39 is 24.2 Å². The summed E-state index contributed by atoms with van der Waals surface area (Å²) in [7, 11) is 0. The second kappa shape index (κ2) is 7.14. The van der Waals surface area contributed by atoms with Gasteiger partial charge in [0.25, 0.3) is 0 Å². The van der Waals surface area contributed by atoms with E-state index in [9.17, 15) is 18.0 Å². The van der Waals surface area contributed by atoms with Gasteiger partial charge in [0.05, 0.1) is 0 Å². The molecule has 0 aromatic heterocycles. The third-order valence-corrected chi connectivity index (χ3v) is 3.77. The van der Waals surface area contributed by atoms with Gasteiger partial charge in [-0.2, -0.15) is 13.2 Å². The number of halogens is 3. The van der Waals surface area contributed by atoms with Gasteiger partial charge in [-0.05, 0) is 31.5 Å². The number of hydrogen-bond acceptors (Lipinski definition) is 3. The van der Waals surface area contributed by atoms with Crippen molar-refractivity contribution < 1.29 is 22.7 Å². The van der Waals surface area contributed by atoms with Crippen molar-refractivity contribution in [2.24, 2.45) is 5.73 Å².